The van der Waals surface area contributed by atoms with Gasteiger partial charge in [0.15, 0.2) is 11.5 Å². The molecule has 1 heterocycles. The Morgan fingerprint density at radius 3 is 2.43 bits per heavy atom. The van der Waals surface area contributed by atoms with Crippen molar-refractivity contribution in [3.8, 4) is 11.5 Å². The normalized spacial score (nSPS) is 13.0. The zero-order valence-electron chi connectivity index (χ0n) is 18.8. The molecule has 1 amide bonds. The number of rotatable bonds is 15. The molecule has 0 fully saturated rings. The lowest BCUT2D eigenvalue weighted by Gasteiger charge is -2.04. The van der Waals surface area contributed by atoms with E-state index in [9.17, 15) is 4.79 Å². The quantitative estimate of drug-likeness (QED) is 0.207. The van der Waals surface area contributed by atoms with Gasteiger partial charge in [0.2, 0.25) is 12.7 Å². The standard InChI is InChI=1S/C26H39NO3/c1-22(2)20-27-26(28)16-14-12-10-8-6-4-3-5-7-9-11-13-15-23-17-18-24-25(19-23)30-21-29-24/h10,12,14,16-19,22H,3-9,11,13,15,20-21H2,1-2H3,(H,27,28)/b12-10+,16-14+. The Balaban J connectivity index is 1.37. The number of hydrogen-bond acceptors (Lipinski definition) is 3. The number of nitrogens with one attached hydrogen (secondary N) is 1. The Morgan fingerprint density at radius 2 is 1.67 bits per heavy atom. The molecular weight excluding hydrogens is 374 g/mol. The Labute approximate surface area is 182 Å². The molecule has 0 unspecified atom stereocenters. The zero-order valence-corrected chi connectivity index (χ0v) is 18.8. The summed E-state index contributed by atoms with van der Waals surface area (Å²) in [5, 5.41) is 2.87. The fourth-order valence-electron chi connectivity index (χ4n) is 3.43. The van der Waals surface area contributed by atoms with Gasteiger partial charge in [-0.25, -0.2) is 0 Å². The van der Waals surface area contributed by atoms with E-state index in [1.165, 1.54) is 56.9 Å². The van der Waals surface area contributed by atoms with Gasteiger partial charge in [-0.05, 0) is 49.3 Å². The Bertz CT molecular complexity index is 679. The summed E-state index contributed by atoms with van der Waals surface area (Å²) in [6, 6.07) is 6.29. The van der Waals surface area contributed by atoms with E-state index in [0.29, 0.717) is 12.7 Å². The highest BCUT2D eigenvalue weighted by Gasteiger charge is 2.12. The number of carbonyl (C=O) groups is 1. The molecule has 4 nitrogen and oxygen atoms in total. The molecule has 1 aromatic rings. The van der Waals surface area contributed by atoms with Crippen LogP contribution < -0.4 is 14.8 Å². The lowest BCUT2D eigenvalue weighted by atomic mass is 10.0. The summed E-state index contributed by atoms with van der Waals surface area (Å²) in [6.45, 7) is 5.26. The maximum Gasteiger partial charge on any atom is 0.243 e. The van der Waals surface area contributed by atoms with Gasteiger partial charge in [0.1, 0.15) is 0 Å². The van der Waals surface area contributed by atoms with Crippen molar-refractivity contribution in [2.75, 3.05) is 13.3 Å². The molecule has 1 aliphatic rings. The monoisotopic (exact) mass is 413 g/mol. The summed E-state index contributed by atoms with van der Waals surface area (Å²) >= 11 is 0. The summed E-state index contributed by atoms with van der Waals surface area (Å²) < 4.78 is 10.8. The van der Waals surface area contributed by atoms with Crippen LogP contribution in [-0.2, 0) is 11.2 Å². The van der Waals surface area contributed by atoms with E-state index in [4.69, 9.17) is 9.47 Å². The van der Waals surface area contributed by atoms with Crippen molar-refractivity contribution in [2.24, 2.45) is 5.92 Å². The summed E-state index contributed by atoms with van der Waals surface area (Å²) in [5.41, 5.74) is 1.35. The number of carbonyl (C=O) groups excluding carboxylic acids is 1. The van der Waals surface area contributed by atoms with Crippen molar-refractivity contribution >= 4 is 5.91 Å². The number of hydrogen-bond donors (Lipinski definition) is 1. The van der Waals surface area contributed by atoms with Gasteiger partial charge in [0, 0.05) is 12.6 Å². The van der Waals surface area contributed by atoms with Crippen LogP contribution in [-0.4, -0.2) is 19.2 Å². The average molecular weight is 414 g/mol. The number of ether oxygens (including phenoxy) is 2. The third-order valence-corrected chi connectivity index (χ3v) is 5.20. The second kappa shape index (κ2) is 14.7. The highest BCUT2D eigenvalue weighted by atomic mass is 16.7. The molecule has 30 heavy (non-hydrogen) atoms. The summed E-state index contributed by atoms with van der Waals surface area (Å²) in [6.07, 6.45) is 20.2. The second-order valence-electron chi connectivity index (χ2n) is 8.48. The fourth-order valence-corrected chi connectivity index (χ4v) is 3.43. The molecule has 2 rings (SSSR count). The van der Waals surface area contributed by atoms with Gasteiger partial charge in [-0.3, -0.25) is 4.79 Å². The first-order chi connectivity index (χ1) is 14.6. The minimum atomic E-state index is -0.00996. The first-order valence-corrected chi connectivity index (χ1v) is 11.6. The van der Waals surface area contributed by atoms with Gasteiger partial charge < -0.3 is 14.8 Å². The smallest absolute Gasteiger partial charge is 0.243 e. The predicted octanol–water partition coefficient (Wildman–Crippen LogP) is 6.35. The largest absolute Gasteiger partial charge is 0.454 e. The molecule has 0 aliphatic carbocycles. The highest BCUT2D eigenvalue weighted by molar-refractivity contribution is 5.87. The number of amides is 1. The van der Waals surface area contributed by atoms with Crippen LogP contribution in [0.3, 0.4) is 0 Å². The average Bonchev–Trinajstić information content (AvgIpc) is 3.20. The van der Waals surface area contributed by atoms with E-state index in [0.717, 1.165) is 30.9 Å². The minimum Gasteiger partial charge on any atom is -0.454 e. The van der Waals surface area contributed by atoms with Crippen LogP contribution in [0.5, 0.6) is 11.5 Å². The number of benzene rings is 1. The maximum absolute atomic E-state index is 11.5. The van der Waals surface area contributed by atoms with Gasteiger partial charge in [0.25, 0.3) is 0 Å². The molecule has 0 bridgehead atoms. The van der Waals surface area contributed by atoms with Gasteiger partial charge in [-0.1, -0.05) is 76.7 Å². The molecule has 0 atom stereocenters. The van der Waals surface area contributed by atoms with Gasteiger partial charge in [-0.2, -0.15) is 0 Å². The number of fused-ring (bicyclic) bond motifs is 1. The molecule has 0 radical (unpaired) electrons. The van der Waals surface area contributed by atoms with E-state index in [1.54, 1.807) is 6.08 Å². The van der Waals surface area contributed by atoms with Crippen LogP contribution >= 0.6 is 0 Å². The maximum atomic E-state index is 11.5. The van der Waals surface area contributed by atoms with Gasteiger partial charge in [0.05, 0.1) is 0 Å². The Hall–Kier alpha value is -2.23. The molecule has 166 valence electrons. The van der Waals surface area contributed by atoms with Crippen molar-refractivity contribution in [2.45, 2.75) is 78.1 Å². The lowest BCUT2D eigenvalue weighted by Crippen LogP contribution is -2.25. The van der Waals surface area contributed by atoms with Crippen LogP contribution in [0.15, 0.2) is 42.5 Å². The van der Waals surface area contributed by atoms with E-state index in [-0.39, 0.29) is 5.91 Å². The fraction of sp³-hybridized carbons (Fsp3) is 0.577. The van der Waals surface area contributed by atoms with Crippen molar-refractivity contribution in [1.29, 1.82) is 0 Å². The van der Waals surface area contributed by atoms with Gasteiger partial charge >= 0.3 is 0 Å². The summed E-state index contributed by atoms with van der Waals surface area (Å²) in [4.78, 5) is 11.5. The van der Waals surface area contributed by atoms with Crippen LogP contribution in [0.25, 0.3) is 0 Å². The lowest BCUT2D eigenvalue weighted by molar-refractivity contribution is -0.116. The third-order valence-electron chi connectivity index (χ3n) is 5.20. The van der Waals surface area contributed by atoms with Crippen LogP contribution in [0.1, 0.15) is 77.2 Å². The first kappa shape index (κ1) is 24.0. The highest BCUT2D eigenvalue weighted by Crippen LogP contribution is 2.32. The topological polar surface area (TPSA) is 47.6 Å². The van der Waals surface area contributed by atoms with Crippen molar-refractivity contribution in [3.05, 3.63) is 48.1 Å². The number of unbranched alkanes of at least 4 members (excludes halogenated alkanes) is 8. The van der Waals surface area contributed by atoms with Crippen LogP contribution in [0.2, 0.25) is 0 Å². The predicted molar refractivity (Wildman–Crippen MR) is 124 cm³/mol. The molecular formula is C26H39NO3. The van der Waals surface area contributed by atoms with E-state index < -0.39 is 0 Å². The molecule has 0 saturated heterocycles. The SMILES string of the molecule is CC(C)CNC(=O)/C=C/C=C/CCCCCCCCCCc1ccc2c(c1)OCO2. The zero-order chi connectivity index (χ0) is 21.4. The molecule has 1 N–H and O–H groups in total. The Morgan fingerprint density at radius 1 is 0.967 bits per heavy atom. The first-order valence-electron chi connectivity index (χ1n) is 11.6. The molecule has 0 saturated carbocycles. The molecule has 0 spiro atoms. The van der Waals surface area contributed by atoms with Crippen molar-refractivity contribution < 1.29 is 14.3 Å². The molecule has 1 aromatic carbocycles. The van der Waals surface area contributed by atoms with E-state index >= 15 is 0 Å². The van der Waals surface area contributed by atoms with Crippen LogP contribution in [0, 0.1) is 5.92 Å². The molecule has 4 heteroatoms. The Kier molecular flexibility index (Phi) is 11.8. The number of allylic oxidation sites excluding steroid dienone is 3. The minimum absolute atomic E-state index is 0.00996. The molecule has 1 aliphatic heterocycles. The van der Waals surface area contributed by atoms with Crippen molar-refractivity contribution in [3.63, 3.8) is 0 Å². The van der Waals surface area contributed by atoms with Gasteiger partial charge in [-0.15, -0.1) is 0 Å². The van der Waals surface area contributed by atoms with E-state index in [1.807, 2.05) is 18.2 Å². The summed E-state index contributed by atoms with van der Waals surface area (Å²) in [5.74, 6) is 2.24. The third kappa shape index (κ3) is 10.5. The van der Waals surface area contributed by atoms with Crippen LogP contribution in [0.4, 0.5) is 0 Å². The van der Waals surface area contributed by atoms with E-state index in [2.05, 4.69) is 37.4 Å². The van der Waals surface area contributed by atoms with Crippen molar-refractivity contribution in [1.82, 2.24) is 5.32 Å². The second-order valence-corrected chi connectivity index (χ2v) is 8.48. The summed E-state index contributed by atoms with van der Waals surface area (Å²) in [7, 11) is 0. The number of aryl methyl sites for hydroxylation is 1. The molecule has 0 aromatic heterocycles.